The zero-order chi connectivity index (χ0) is 18.3. The third-order valence-electron chi connectivity index (χ3n) is 6.44. The standard InChI is InChI=1S/C21H29N3O2/c1-24(21(26)13-9-10-13)18-8-3-2-7-17(18)20(25)23-19-14-5-4-6-15(19)12-16(22)11-14/h2-3,7-8,13-16,19H,4-6,9-12,22H2,1H3,(H,23,25). The fourth-order valence-electron chi connectivity index (χ4n) is 4.93. The van der Waals surface area contributed by atoms with Crippen molar-refractivity contribution < 1.29 is 9.59 Å². The maximum atomic E-state index is 13.1. The summed E-state index contributed by atoms with van der Waals surface area (Å²) in [6.45, 7) is 0. The molecule has 3 N–H and O–H groups in total. The number of anilines is 1. The lowest BCUT2D eigenvalue weighted by molar-refractivity contribution is -0.119. The van der Waals surface area contributed by atoms with Crippen LogP contribution in [0.2, 0.25) is 0 Å². The summed E-state index contributed by atoms with van der Waals surface area (Å²) >= 11 is 0. The minimum atomic E-state index is -0.0616. The van der Waals surface area contributed by atoms with E-state index in [1.807, 2.05) is 24.3 Å². The Balaban J connectivity index is 1.52. The van der Waals surface area contributed by atoms with Gasteiger partial charge in [0.15, 0.2) is 0 Å². The van der Waals surface area contributed by atoms with E-state index in [9.17, 15) is 9.59 Å². The quantitative estimate of drug-likeness (QED) is 0.872. The van der Waals surface area contributed by atoms with Gasteiger partial charge in [0.2, 0.25) is 5.91 Å². The minimum Gasteiger partial charge on any atom is -0.349 e. The third kappa shape index (κ3) is 3.37. The van der Waals surface area contributed by atoms with Crippen molar-refractivity contribution in [3.8, 4) is 0 Å². The molecule has 5 heteroatoms. The number of rotatable bonds is 4. The third-order valence-corrected chi connectivity index (χ3v) is 6.44. The highest BCUT2D eigenvalue weighted by Crippen LogP contribution is 2.40. The number of benzene rings is 1. The van der Waals surface area contributed by atoms with Crippen LogP contribution in [0.4, 0.5) is 5.69 Å². The van der Waals surface area contributed by atoms with Gasteiger partial charge in [-0.3, -0.25) is 9.59 Å². The number of hydrogen-bond acceptors (Lipinski definition) is 3. The number of para-hydroxylation sites is 1. The molecule has 140 valence electrons. The molecule has 3 saturated carbocycles. The van der Waals surface area contributed by atoms with E-state index in [0.29, 0.717) is 23.1 Å². The predicted octanol–water partition coefficient (Wildman–Crippen LogP) is 2.70. The molecule has 3 fully saturated rings. The summed E-state index contributed by atoms with van der Waals surface area (Å²) in [5.41, 5.74) is 7.51. The van der Waals surface area contributed by atoms with Crippen LogP contribution in [0.15, 0.2) is 24.3 Å². The van der Waals surface area contributed by atoms with E-state index in [-0.39, 0.29) is 29.8 Å². The summed E-state index contributed by atoms with van der Waals surface area (Å²) in [4.78, 5) is 27.2. The fourth-order valence-corrected chi connectivity index (χ4v) is 4.93. The molecule has 1 aromatic rings. The van der Waals surface area contributed by atoms with Crippen LogP contribution in [-0.2, 0) is 4.79 Å². The van der Waals surface area contributed by atoms with E-state index in [1.165, 1.54) is 6.42 Å². The maximum Gasteiger partial charge on any atom is 0.253 e. The summed E-state index contributed by atoms with van der Waals surface area (Å²) in [6, 6.07) is 7.93. The van der Waals surface area contributed by atoms with Gasteiger partial charge in [-0.15, -0.1) is 0 Å². The highest BCUT2D eigenvalue weighted by Gasteiger charge is 2.40. The first-order chi connectivity index (χ1) is 12.5. The van der Waals surface area contributed by atoms with Gasteiger partial charge in [0.05, 0.1) is 11.3 Å². The molecule has 2 amide bonds. The van der Waals surface area contributed by atoms with Crippen molar-refractivity contribution >= 4 is 17.5 Å². The number of hydrogen-bond donors (Lipinski definition) is 2. The molecule has 0 radical (unpaired) electrons. The van der Waals surface area contributed by atoms with Gasteiger partial charge in [0.25, 0.3) is 5.91 Å². The molecule has 1 aromatic carbocycles. The summed E-state index contributed by atoms with van der Waals surface area (Å²) in [6.07, 6.45) is 7.47. The number of carbonyl (C=O) groups excluding carboxylic acids is 2. The minimum absolute atomic E-state index is 0.0616. The van der Waals surface area contributed by atoms with Gasteiger partial charge in [-0.25, -0.2) is 0 Å². The summed E-state index contributed by atoms with van der Waals surface area (Å²) in [7, 11) is 1.78. The lowest BCUT2D eigenvalue weighted by Gasteiger charge is -2.45. The molecule has 0 heterocycles. The van der Waals surface area contributed by atoms with E-state index in [0.717, 1.165) is 38.5 Å². The maximum absolute atomic E-state index is 13.1. The highest BCUT2D eigenvalue weighted by atomic mass is 16.2. The van der Waals surface area contributed by atoms with E-state index in [1.54, 1.807) is 11.9 Å². The Morgan fingerprint density at radius 1 is 1.08 bits per heavy atom. The Labute approximate surface area is 155 Å². The molecule has 0 aliphatic heterocycles. The average Bonchev–Trinajstić information content (AvgIpc) is 3.46. The highest BCUT2D eigenvalue weighted by molar-refractivity contribution is 6.05. The average molecular weight is 355 g/mol. The van der Waals surface area contributed by atoms with Crippen LogP contribution in [0.3, 0.4) is 0 Å². The van der Waals surface area contributed by atoms with Crippen LogP contribution in [-0.4, -0.2) is 30.9 Å². The van der Waals surface area contributed by atoms with Gasteiger partial charge in [0, 0.05) is 25.0 Å². The second-order valence-corrected chi connectivity index (χ2v) is 8.37. The van der Waals surface area contributed by atoms with Crippen molar-refractivity contribution in [2.45, 2.75) is 57.0 Å². The van der Waals surface area contributed by atoms with Crippen molar-refractivity contribution in [3.05, 3.63) is 29.8 Å². The first-order valence-corrected chi connectivity index (χ1v) is 9.97. The Morgan fingerprint density at radius 3 is 2.38 bits per heavy atom. The first kappa shape index (κ1) is 17.5. The molecule has 2 bridgehead atoms. The van der Waals surface area contributed by atoms with Crippen molar-refractivity contribution in [1.82, 2.24) is 5.32 Å². The summed E-state index contributed by atoms with van der Waals surface area (Å²) in [5, 5.41) is 3.30. The fraction of sp³-hybridized carbons (Fsp3) is 0.619. The second kappa shape index (κ2) is 7.03. The Kier molecular flexibility index (Phi) is 4.74. The molecule has 2 atom stereocenters. The van der Waals surface area contributed by atoms with Crippen LogP contribution in [0.1, 0.15) is 55.3 Å². The molecule has 0 spiro atoms. The molecule has 5 nitrogen and oxygen atoms in total. The smallest absolute Gasteiger partial charge is 0.253 e. The zero-order valence-corrected chi connectivity index (χ0v) is 15.5. The van der Waals surface area contributed by atoms with Crippen LogP contribution < -0.4 is 16.0 Å². The molecule has 4 rings (SSSR count). The SMILES string of the molecule is CN(C(=O)C1CC1)c1ccccc1C(=O)NC1C2CCCC1CC(N)C2. The van der Waals surface area contributed by atoms with Gasteiger partial charge in [-0.2, -0.15) is 0 Å². The molecule has 2 unspecified atom stereocenters. The van der Waals surface area contributed by atoms with Crippen molar-refractivity contribution in [2.75, 3.05) is 11.9 Å². The van der Waals surface area contributed by atoms with Crippen LogP contribution in [0, 0.1) is 17.8 Å². The molecule has 3 aliphatic rings. The number of nitrogens with two attached hydrogens (primary N) is 1. The summed E-state index contributed by atoms with van der Waals surface area (Å²) in [5.74, 6) is 1.16. The Morgan fingerprint density at radius 2 is 1.73 bits per heavy atom. The number of nitrogens with zero attached hydrogens (tertiary/aromatic N) is 1. The summed E-state index contributed by atoms with van der Waals surface area (Å²) < 4.78 is 0. The Bertz CT molecular complexity index is 686. The van der Waals surface area contributed by atoms with Crippen molar-refractivity contribution in [3.63, 3.8) is 0 Å². The molecular formula is C21H29N3O2. The molecular weight excluding hydrogens is 326 g/mol. The molecule has 0 aromatic heterocycles. The van der Waals surface area contributed by atoms with Crippen LogP contribution in [0.25, 0.3) is 0 Å². The van der Waals surface area contributed by atoms with Gasteiger partial charge in [-0.05, 0) is 62.5 Å². The number of carbonyl (C=O) groups is 2. The van der Waals surface area contributed by atoms with Crippen molar-refractivity contribution in [1.29, 1.82) is 0 Å². The van der Waals surface area contributed by atoms with Crippen molar-refractivity contribution in [2.24, 2.45) is 23.5 Å². The number of nitrogens with one attached hydrogen (secondary N) is 1. The van der Waals surface area contributed by atoms with E-state index < -0.39 is 0 Å². The molecule has 26 heavy (non-hydrogen) atoms. The van der Waals surface area contributed by atoms with E-state index in [2.05, 4.69) is 5.32 Å². The predicted molar refractivity (Wildman–Crippen MR) is 102 cm³/mol. The number of fused-ring (bicyclic) bond motifs is 2. The zero-order valence-electron chi connectivity index (χ0n) is 15.5. The van der Waals surface area contributed by atoms with Crippen LogP contribution in [0.5, 0.6) is 0 Å². The Hall–Kier alpha value is -1.88. The first-order valence-electron chi connectivity index (χ1n) is 9.97. The van der Waals surface area contributed by atoms with Gasteiger partial charge in [-0.1, -0.05) is 18.6 Å². The monoisotopic (exact) mass is 355 g/mol. The van der Waals surface area contributed by atoms with E-state index in [4.69, 9.17) is 5.73 Å². The normalized spacial score (nSPS) is 30.5. The molecule has 3 aliphatic carbocycles. The van der Waals surface area contributed by atoms with Gasteiger partial charge in [0.1, 0.15) is 0 Å². The second-order valence-electron chi connectivity index (χ2n) is 8.37. The van der Waals surface area contributed by atoms with E-state index >= 15 is 0 Å². The van der Waals surface area contributed by atoms with Gasteiger partial charge < -0.3 is 16.0 Å². The van der Waals surface area contributed by atoms with Crippen LogP contribution >= 0.6 is 0 Å². The topological polar surface area (TPSA) is 75.4 Å². The lowest BCUT2D eigenvalue weighted by atomic mass is 9.67. The lowest BCUT2D eigenvalue weighted by Crippen LogP contribution is -2.53. The number of amides is 2. The van der Waals surface area contributed by atoms with Gasteiger partial charge >= 0.3 is 0 Å². The largest absolute Gasteiger partial charge is 0.349 e. The molecule has 0 saturated heterocycles.